The summed E-state index contributed by atoms with van der Waals surface area (Å²) in [5.41, 5.74) is 0.305. The average Bonchev–Trinajstić information content (AvgIpc) is 3.10. The molecule has 1 N–H and O–H groups in total. The summed E-state index contributed by atoms with van der Waals surface area (Å²) in [6, 6.07) is -0.624. The maximum atomic E-state index is 12.2. The van der Waals surface area contributed by atoms with E-state index in [-0.39, 0.29) is 23.9 Å². The van der Waals surface area contributed by atoms with E-state index >= 15 is 0 Å². The highest BCUT2D eigenvalue weighted by Gasteiger charge is 2.47. The molecular weight excluding hydrogens is 216 g/mol. The lowest BCUT2D eigenvalue weighted by atomic mass is 9.99. The third-order valence-corrected chi connectivity index (χ3v) is 4.37. The van der Waals surface area contributed by atoms with Crippen molar-refractivity contribution in [1.29, 1.82) is 0 Å². The Morgan fingerprint density at radius 1 is 1.35 bits per heavy atom. The predicted molar refractivity (Wildman–Crippen MR) is 65.4 cm³/mol. The van der Waals surface area contributed by atoms with Gasteiger partial charge >= 0.3 is 0 Å². The van der Waals surface area contributed by atoms with Crippen LogP contribution >= 0.6 is 0 Å². The Morgan fingerprint density at radius 3 is 2.47 bits per heavy atom. The standard InChI is InChI=1S/C13H22N2O2/c1-4-10-12(17)15(9(3)11(16)14-10)8-13(5-2)6-7-13/h9-10H,4-8H2,1-3H3,(H,14,16). The number of hydrogen-bond acceptors (Lipinski definition) is 2. The molecule has 1 saturated heterocycles. The summed E-state index contributed by atoms with van der Waals surface area (Å²) in [4.78, 5) is 25.8. The average molecular weight is 238 g/mol. The van der Waals surface area contributed by atoms with Crippen molar-refractivity contribution in [1.82, 2.24) is 10.2 Å². The predicted octanol–water partition coefficient (Wildman–Crippen LogP) is 1.30. The zero-order valence-electron chi connectivity index (χ0n) is 11.0. The van der Waals surface area contributed by atoms with Crippen LogP contribution < -0.4 is 5.32 Å². The number of nitrogens with one attached hydrogen (secondary N) is 1. The fourth-order valence-corrected chi connectivity index (χ4v) is 2.54. The molecule has 0 aromatic heterocycles. The van der Waals surface area contributed by atoms with Crippen molar-refractivity contribution in [3.8, 4) is 0 Å². The molecular formula is C13H22N2O2. The van der Waals surface area contributed by atoms with Crippen molar-refractivity contribution in [3.05, 3.63) is 0 Å². The summed E-state index contributed by atoms with van der Waals surface area (Å²) in [5.74, 6) is 0.0858. The first-order chi connectivity index (χ1) is 8.03. The summed E-state index contributed by atoms with van der Waals surface area (Å²) < 4.78 is 0. The first kappa shape index (κ1) is 12.4. The molecule has 0 bridgehead atoms. The van der Waals surface area contributed by atoms with Gasteiger partial charge < -0.3 is 10.2 Å². The molecule has 2 amide bonds. The minimum Gasteiger partial charge on any atom is -0.343 e. The second-order valence-corrected chi connectivity index (χ2v) is 5.47. The Morgan fingerprint density at radius 2 is 2.00 bits per heavy atom. The second kappa shape index (κ2) is 4.31. The Balaban J connectivity index is 2.11. The fourth-order valence-electron chi connectivity index (χ4n) is 2.54. The van der Waals surface area contributed by atoms with Gasteiger partial charge in [-0.15, -0.1) is 0 Å². The molecule has 2 aliphatic rings. The molecule has 2 atom stereocenters. The molecule has 1 aliphatic heterocycles. The van der Waals surface area contributed by atoms with E-state index in [2.05, 4.69) is 12.2 Å². The molecule has 1 heterocycles. The molecule has 0 aromatic carbocycles. The maximum absolute atomic E-state index is 12.2. The Hall–Kier alpha value is -1.06. The number of carbonyl (C=O) groups excluding carboxylic acids is 2. The van der Waals surface area contributed by atoms with Crippen LogP contribution in [0.4, 0.5) is 0 Å². The van der Waals surface area contributed by atoms with Crippen molar-refractivity contribution in [3.63, 3.8) is 0 Å². The van der Waals surface area contributed by atoms with E-state index in [1.807, 2.05) is 13.8 Å². The van der Waals surface area contributed by atoms with Crippen LogP contribution in [-0.2, 0) is 9.59 Å². The van der Waals surface area contributed by atoms with Crippen LogP contribution in [0.2, 0.25) is 0 Å². The number of hydrogen-bond donors (Lipinski definition) is 1. The quantitative estimate of drug-likeness (QED) is 0.802. The largest absolute Gasteiger partial charge is 0.343 e. The van der Waals surface area contributed by atoms with Gasteiger partial charge in [0.25, 0.3) is 0 Å². The molecule has 1 saturated carbocycles. The SMILES string of the molecule is CCC1NC(=O)C(C)N(CC2(CC)CC2)C1=O. The van der Waals surface area contributed by atoms with Crippen LogP contribution in [0.25, 0.3) is 0 Å². The number of piperazine rings is 1. The summed E-state index contributed by atoms with van der Waals surface area (Å²) in [6.45, 7) is 6.69. The Bertz CT molecular complexity index is 336. The highest BCUT2D eigenvalue weighted by Crippen LogP contribution is 2.49. The summed E-state index contributed by atoms with van der Waals surface area (Å²) >= 11 is 0. The lowest BCUT2D eigenvalue weighted by Gasteiger charge is -2.39. The minimum absolute atomic E-state index is 0.0108. The zero-order valence-corrected chi connectivity index (χ0v) is 11.0. The van der Waals surface area contributed by atoms with Gasteiger partial charge in [0.1, 0.15) is 12.1 Å². The molecule has 17 heavy (non-hydrogen) atoms. The molecule has 0 spiro atoms. The molecule has 0 aromatic rings. The molecule has 2 unspecified atom stereocenters. The van der Waals surface area contributed by atoms with Gasteiger partial charge in [-0.2, -0.15) is 0 Å². The normalized spacial score (nSPS) is 31.4. The van der Waals surface area contributed by atoms with Gasteiger partial charge in [-0.05, 0) is 38.0 Å². The van der Waals surface area contributed by atoms with Crippen LogP contribution in [0, 0.1) is 5.41 Å². The van der Waals surface area contributed by atoms with Gasteiger partial charge in [-0.25, -0.2) is 0 Å². The number of amides is 2. The van der Waals surface area contributed by atoms with Crippen molar-refractivity contribution in [2.75, 3.05) is 6.54 Å². The number of nitrogens with zero attached hydrogens (tertiary/aromatic N) is 1. The van der Waals surface area contributed by atoms with E-state index in [1.54, 1.807) is 4.90 Å². The molecule has 4 heteroatoms. The van der Waals surface area contributed by atoms with Gasteiger partial charge in [-0.3, -0.25) is 9.59 Å². The highest BCUT2D eigenvalue weighted by molar-refractivity contribution is 5.96. The first-order valence-electron chi connectivity index (χ1n) is 6.64. The Kier molecular flexibility index (Phi) is 3.15. The summed E-state index contributed by atoms with van der Waals surface area (Å²) in [7, 11) is 0. The monoisotopic (exact) mass is 238 g/mol. The number of carbonyl (C=O) groups is 2. The van der Waals surface area contributed by atoms with Crippen LogP contribution in [0.15, 0.2) is 0 Å². The number of rotatable bonds is 4. The van der Waals surface area contributed by atoms with Gasteiger partial charge in [0.15, 0.2) is 0 Å². The van der Waals surface area contributed by atoms with E-state index in [9.17, 15) is 9.59 Å². The summed E-state index contributed by atoms with van der Waals surface area (Å²) in [5, 5.41) is 2.79. The molecule has 96 valence electrons. The van der Waals surface area contributed by atoms with Crippen LogP contribution in [0.1, 0.15) is 46.5 Å². The minimum atomic E-state index is -0.314. The molecule has 2 fully saturated rings. The third kappa shape index (κ3) is 2.17. The van der Waals surface area contributed by atoms with Gasteiger partial charge in [0, 0.05) is 6.54 Å². The third-order valence-electron chi connectivity index (χ3n) is 4.37. The van der Waals surface area contributed by atoms with E-state index in [1.165, 1.54) is 12.8 Å². The molecule has 2 rings (SSSR count). The topological polar surface area (TPSA) is 49.4 Å². The van der Waals surface area contributed by atoms with E-state index in [0.717, 1.165) is 13.0 Å². The van der Waals surface area contributed by atoms with Gasteiger partial charge in [0.2, 0.25) is 11.8 Å². The maximum Gasteiger partial charge on any atom is 0.245 e. The fraction of sp³-hybridized carbons (Fsp3) is 0.846. The lowest BCUT2D eigenvalue weighted by Crippen LogP contribution is -2.63. The van der Waals surface area contributed by atoms with E-state index in [4.69, 9.17) is 0 Å². The Labute approximate surface area is 103 Å². The summed E-state index contributed by atoms with van der Waals surface area (Å²) in [6.07, 6.45) is 4.16. The van der Waals surface area contributed by atoms with Crippen LogP contribution in [0.3, 0.4) is 0 Å². The van der Waals surface area contributed by atoms with Gasteiger partial charge in [-0.1, -0.05) is 13.8 Å². The van der Waals surface area contributed by atoms with E-state index in [0.29, 0.717) is 11.8 Å². The molecule has 4 nitrogen and oxygen atoms in total. The second-order valence-electron chi connectivity index (χ2n) is 5.47. The molecule has 1 aliphatic carbocycles. The van der Waals surface area contributed by atoms with Crippen molar-refractivity contribution in [2.45, 2.75) is 58.5 Å². The van der Waals surface area contributed by atoms with Gasteiger partial charge in [0.05, 0.1) is 0 Å². The van der Waals surface area contributed by atoms with E-state index < -0.39 is 0 Å². The van der Waals surface area contributed by atoms with Crippen LogP contribution in [0.5, 0.6) is 0 Å². The smallest absolute Gasteiger partial charge is 0.245 e. The van der Waals surface area contributed by atoms with Crippen molar-refractivity contribution < 1.29 is 9.59 Å². The van der Waals surface area contributed by atoms with Crippen molar-refractivity contribution >= 4 is 11.8 Å². The highest BCUT2D eigenvalue weighted by atomic mass is 16.2. The lowest BCUT2D eigenvalue weighted by molar-refractivity contribution is -0.149. The first-order valence-corrected chi connectivity index (χ1v) is 6.64. The zero-order chi connectivity index (χ0) is 12.6. The molecule has 0 radical (unpaired) electrons. The van der Waals surface area contributed by atoms with Crippen molar-refractivity contribution in [2.24, 2.45) is 5.41 Å². The van der Waals surface area contributed by atoms with Crippen LogP contribution in [-0.4, -0.2) is 35.3 Å².